The molecule has 1 aromatic carbocycles. The van der Waals surface area contributed by atoms with Crippen LogP contribution in [0.3, 0.4) is 0 Å². The van der Waals surface area contributed by atoms with E-state index < -0.39 is 6.17 Å². The number of fused-ring (bicyclic) bond motifs is 3. The number of quaternary nitrogens is 2. The molecule has 126 valence electrons. The number of carbonyl (C=O) groups is 1. The highest BCUT2D eigenvalue weighted by Crippen LogP contribution is 2.30. The molecule has 1 aromatic rings. The molecular weight excluding hydrogens is 315 g/mol. The molecule has 3 saturated heterocycles. The standard InChI is InChI=1S/C18H26ClFN2O/c1-15(23)16-2-4-17(5-3-16)18(20)6-7-21-8-11-22(14-19,12-9-21)13-10-21/h2-5,18H,6-14H2,1H3/q+2. The Bertz CT molecular complexity index is 550. The van der Waals surface area contributed by atoms with Crippen molar-refractivity contribution in [3.05, 3.63) is 35.4 Å². The fraction of sp³-hybridized carbons (Fsp3) is 0.611. The number of piperazine rings is 3. The first-order valence-corrected chi connectivity index (χ1v) is 9.02. The van der Waals surface area contributed by atoms with Crippen molar-refractivity contribution in [2.75, 3.05) is 51.8 Å². The molecule has 3 aliphatic rings. The molecule has 4 rings (SSSR count). The van der Waals surface area contributed by atoms with E-state index in [9.17, 15) is 9.18 Å². The van der Waals surface area contributed by atoms with Gasteiger partial charge in [-0.2, -0.15) is 0 Å². The van der Waals surface area contributed by atoms with Crippen LogP contribution in [0.15, 0.2) is 24.3 Å². The van der Waals surface area contributed by atoms with E-state index in [1.165, 1.54) is 6.92 Å². The number of rotatable bonds is 6. The average Bonchev–Trinajstić information content (AvgIpc) is 2.61. The zero-order valence-corrected chi connectivity index (χ0v) is 14.6. The molecule has 0 amide bonds. The molecule has 3 aliphatic heterocycles. The third kappa shape index (κ3) is 3.44. The second kappa shape index (κ2) is 6.50. The van der Waals surface area contributed by atoms with Gasteiger partial charge in [-0.05, 0) is 12.5 Å². The Kier molecular flexibility index (Phi) is 4.77. The summed E-state index contributed by atoms with van der Waals surface area (Å²) >= 11 is 6.13. The van der Waals surface area contributed by atoms with Gasteiger partial charge >= 0.3 is 0 Å². The van der Waals surface area contributed by atoms with E-state index in [1.807, 2.05) is 0 Å². The van der Waals surface area contributed by atoms with Crippen molar-refractivity contribution in [3.63, 3.8) is 0 Å². The third-order valence-corrected chi connectivity index (χ3v) is 6.44. The van der Waals surface area contributed by atoms with Crippen LogP contribution in [-0.2, 0) is 0 Å². The van der Waals surface area contributed by atoms with Gasteiger partial charge in [-0.25, -0.2) is 4.39 Å². The molecule has 0 radical (unpaired) electrons. The average molecular weight is 341 g/mol. The lowest BCUT2D eigenvalue weighted by Gasteiger charge is -2.55. The van der Waals surface area contributed by atoms with Crippen molar-refractivity contribution in [1.29, 1.82) is 0 Å². The van der Waals surface area contributed by atoms with Crippen LogP contribution in [-0.4, -0.2) is 66.6 Å². The predicted octanol–water partition coefficient (Wildman–Crippen LogP) is 3.15. The Labute approximate surface area is 142 Å². The lowest BCUT2D eigenvalue weighted by molar-refractivity contribution is -1.08. The smallest absolute Gasteiger partial charge is 0.159 e. The number of Topliss-reactive ketones (excluding diaryl/α,β-unsaturated/α-hetero) is 1. The van der Waals surface area contributed by atoms with Crippen molar-refractivity contribution in [2.45, 2.75) is 19.5 Å². The molecule has 3 nitrogen and oxygen atoms in total. The summed E-state index contributed by atoms with van der Waals surface area (Å²) in [5.41, 5.74) is 1.33. The second-order valence-corrected chi connectivity index (χ2v) is 7.54. The minimum atomic E-state index is -0.945. The van der Waals surface area contributed by atoms with Crippen molar-refractivity contribution < 1.29 is 18.2 Å². The number of benzene rings is 1. The highest BCUT2D eigenvalue weighted by Gasteiger charge is 2.48. The second-order valence-electron chi connectivity index (χ2n) is 7.30. The molecular formula is C18H26ClFN2O+2. The fourth-order valence-corrected chi connectivity index (χ4v) is 4.30. The summed E-state index contributed by atoms with van der Waals surface area (Å²) in [4.78, 5) is 11.3. The highest BCUT2D eigenvalue weighted by molar-refractivity contribution is 6.17. The van der Waals surface area contributed by atoms with E-state index >= 15 is 0 Å². The summed E-state index contributed by atoms with van der Waals surface area (Å²) in [5, 5.41) is 0. The Balaban J connectivity index is 1.57. The third-order valence-electron chi connectivity index (χ3n) is 5.94. The van der Waals surface area contributed by atoms with Gasteiger partial charge in [0.25, 0.3) is 0 Å². The van der Waals surface area contributed by atoms with Crippen molar-refractivity contribution in [1.82, 2.24) is 0 Å². The van der Waals surface area contributed by atoms with E-state index in [4.69, 9.17) is 11.6 Å². The molecule has 0 spiro atoms. The minimum Gasteiger partial charge on any atom is -0.310 e. The first kappa shape index (κ1) is 16.9. The fourth-order valence-electron chi connectivity index (χ4n) is 3.94. The van der Waals surface area contributed by atoms with Gasteiger partial charge in [-0.1, -0.05) is 35.9 Å². The predicted molar refractivity (Wildman–Crippen MR) is 90.2 cm³/mol. The molecule has 0 aliphatic carbocycles. The van der Waals surface area contributed by atoms with Crippen LogP contribution in [0, 0.1) is 0 Å². The summed E-state index contributed by atoms with van der Waals surface area (Å²) in [6.45, 7) is 9.21. The molecule has 0 saturated carbocycles. The quantitative estimate of drug-likeness (QED) is 0.336. The number of nitrogens with zero attached hydrogens (tertiary/aromatic N) is 2. The first-order valence-electron chi connectivity index (χ1n) is 8.49. The molecule has 0 aromatic heterocycles. The van der Waals surface area contributed by atoms with Crippen LogP contribution in [0.1, 0.15) is 35.4 Å². The molecule has 3 fully saturated rings. The normalized spacial score (nSPS) is 31.1. The number of carbonyl (C=O) groups excluding carboxylic acids is 1. The van der Waals surface area contributed by atoms with Gasteiger partial charge in [0.1, 0.15) is 45.4 Å². The monoisotopic (exact) mass is 340 g/mol. The zero-order chi connectivity index (χ0) is 16.5. The minimum absolute atomic E-state index is 0.0211. The van der Waals surface area contributed by atoms with Crippen LogP contribution in [0.4, 0.5) is 4.39 Å². The van der Waals surface area contributed by atoms with E-state index in [0.29, 0.717) is 23.6 Å². The van der Waals surface area contributed by atoms with Gasteiger partial charge in [-0.3, -0.25) is 9.28 Å². The Morgan fingerprint density at radius 3 is 2.09 bits per heavy atom. The lowest BCUT2D eigenvalue weighted by atomic mass is 10.0. The summed E-state index contributed by atoms with van der Waals surface area (Å²) in [6.07, 6.45) is -0.389. The van der Waals surface area contributed by atoms with Gasteiger partial charge in [0.15, 0.2) is 11.8 Å². The molecule has 1 unspecified atom stereocenters. The molecule has 1 atom stereocenters. The zero-order valence-electron chi connectivity index (χ0n) is 13.8. The maximum absolute atomic E-state index is 14.6. The van der Waals surface area contributed by atoms with Crippen LogP contribution < -0.4 is 0 Å². The van der Waals surface area contributed by atoms with Crippen molar-refractivity contribution >= 4 is 17.4 Å². The lowest BCUT2D eigenvalue weighted by Crippen LogP contribution is -2.74. The van der Waals surface area contributed by atoms with Gasteiger partial charge in [-0.15, -0.1) is 0 Å². The van der Waals surface area contributed by atoms with Gasteiger partial charge in [0, 0.05) is 12.0 Å². The van der Waals surface area contributed by atoms with Crippen LogP contribution in [0.2, 0.25) is 0 Å². The Morgan fingerprint density at radius 1 is 1.09 bits per heavy atom. The van der Waals surface area contributed by atoms with Crippen LogP contribution >= 0.6 is 11.6 Å². The van der Waals surface area contributed by atoms with Crippen LogP contribution in [0.25, 0.3) is 0 Å². The summed E-state index contributed by atoms with van der Waals surface area (Å²) < 4.78 is 16.7. The maximum Gasteiger partial charge on any atom is 0.159 e. The largest absolute Gasteiger partial charge is 0.310 e. The number of hydrogen-bond donors (Lipinski definition) is 0. The number of alkyl halides is 2. The topological polar surface area (TPSA) is 17.1 Å². The SMILES string of the molecule is CC(=O)c1ccc(C(F)CC[N+]23CC[N+](CCl)(CC2)CC3)cc1. The summed E-state index contributed by atoms with van der Waals surface area (Å²) in [6, 6.07) is 7.68. The summed E-state index contributed by atoms with van der Waals surface area (Å²) in [7, 11) is 0. The van der Waals surface area contributed by atoms with Crippen molar-refractivity contribution in [2.24, 2.45) is 0 Å². The van der Waals surface area contributed by atoms with E-state index in [1.54, 1.807) is 24.3 Å². The maximum atomic E-state index is 14.6. The molecule has 23 heavy (non-hydrogen) atoms. The molecule has 2 bridgehead atoms. The number of hydrogen-bond acceptors (Lipinski definition) is 1. The van der Waals surface area contributed by atoms with Gasteiger partial charge < -0.3 is 4.48 Å². The Morgan fingerprint density at radius 2 is 1.61 bits per heavy atom. The van der Waals surface area contributed by atoms with Gasteiger partial charge in [0.05, 0.1) is 6.54 Å². The highest BCUT2D eigenvalue weighted by atomic mass is 35.5. The van der Waals surface area contributed by atoms with E-state index in [0.717, 1.165) is 54.8 Å². The van der Waals surface area contributed by atoms with Gasteiger partial charge in [0.2, 0.25) is 0 Å². The molecule has 5 heteroatoms. The molecule has 0 N–H and O–H groups in total. The van der Waals surface area contributed by atoms with Crippen molar-refractivity contribution in [3.8, 4) is 0 Å². The molecule has 3 heterocycles. The van der Waals surface area contributed by atoms with E-state index in [-0.39, 0.29) is 5.78 Å². The number of ketones is 1. The van der Waals surface area contributed by atoms with Crippen LogP contribution in [0.5, 0.6) is 0 Å². The number of halogens is 2. The Hall–Kier alpha value is -0.970. The first-order chi connectivity index (χ1) is 11.0. The summed E-state index contributed by atoms with van der Waals surface area (Å²) in [5.74, 6) is 0.0211. The van der Waals surface area contributed by atoms with E-state index in [2.05, 4.69) is 0 Å².